The van der Waals surface area contributed by atoms with Gasteiger partial charge >= 0.3 is 0 Å². The first-order valence-corrected chi connectivity index (χ1v) is 10.3. The van der Waals surface area contributed by atoms with Crippen molar-refractivity contribution in [3.05, 3.63) is 42.0 Å². The SMILES string of the molecule is CC(C)N1CCC(Oc2ccc3cc(C(=O)NCC4CC4)ccc3c2)CC1. The molecule has 27 heavy (non-hydrogen) atoms. The number of hydrogen-bond acceptors (Lipinski definition) is 3. The largest absolute Gasteiger partial charge is 0.490 e. The third-order valence-electron chi connectivity index (χ3n) is 5.83. The summed E-state index contributed by atoms with van der Waals surface area (Å²) in [5, 5.41) is 5.23. The molecule has 2 aromatic carbocycles. The van der Waals surface area contributed by atoms with Gasteiger partial charge in [0.25, 0.3) is 5.91 Å². The van der Waals surface area contributed by atoms with Crippen LogP contribution in [0, 0.1) is 5.92 Å². The smallest absolute Gasteiger partial charge is 0.251 e. The second-order valence-electron chi connectivity index (χ2n) is 8.32. The van der Waals surface area contributed by atoms with Crippen LogP contribution in [0.3, 0.4) is 0 Å². The molecule has 1 N–H and O–H groups in total. The molecule has 2 aliphatic rings. The predicted octanol–water partition coefficient (Wildman–Crippen LogP) is 4.23. The molecule has 2 aromatic rings. The molecule has 0 aromatic heterocycles. The highest BCUT2D eigenvalue weighted by Gasteiger charge is 2.23. The van der Waals surface area contributed by atoms with Crippen molar-refractivity contribution in [2.24, 2.45) is 5.92 Å². The van der Waals surface area contributed by atoms with E-state index in [0.29, 0.717) is 18.1 Å². The zero-order valence-electron chi connectivity index (χ0n) is 16.4. The second-order valence-corrected chi connectivity index (χ2v) is 8.32. The molecule has 4 nitrogen and oxygen atoms in total. The van der Waals surface area contributed by atoms with E-state index in [-0.39, 0.29) is 5.91 Å². The summed E-state index contributed by atoms with van der Waals surface area (Å²) in [6.45, 7) is 7.53. The van der Waals surface area contributed by atoms with Crippen LogP contribution >= 0.6 is 0 Å². The zero-order valence-corrected chi connectivity index (χ0v) is 16.4. The highest BCUT2D eigenvalue weighted by molar-refractivity contribution is 5.98. The number of carbonyl (C=O) groups excluding carboxylic acids is 1. The number of rotatable bonds is 6. The lowest BCUT2D eigenvalue weighted by molar-refractivity contribution is 0.0844. The van der Waals surface area contributed by atoms with E-state index in [4.69, 9.17) is 4.74 Å². The van der Waals surface area contributed by atoms with Crippen molar-refractivity contribution >= 4 is 16.7 Å². The van der Waals surface area contributed by atoms with Crippen molar-refractivity contribution in [3.8, 4) is 5.75 Å². The van der Waals surface area contributed by atoms with E-state index in [9.17, 15) is 4.79 Å². The van der Waals surface area contributed by atoms with Gasteiger partial charge in [-0.15, -0.1) is 0 Å². The Morgan fingerprint density at radius 1 is 1.07 bits per heavy atom. The molecule has 1 heterocycles. The molecule has 0 spiro atoms. The van der Waals surface area contributed by atoms with Gasteiger partial charge in [-0.2, -0.15) is 0 Å². The van der Waals surface area contributed by atoms with Gasteiger partial charge in [-0.1, -0.05) is 12.1 Å². The van der Waals surface area contributed by atoms with Crippen LogP contribution in [0.25, 0.3) is 10.8 Å². The topological polar surface area (TPSA) is 41.6 Å². The number of carbonyl (C=O) groups is 1. The number of amides is 1. The first-order chi connectivity index (χ1) is 13.1. The molecule has 0 radical (unpaired) electrons. The van der Waals surface area contributed by atoms with Gasteiger partial charge < -0.3 is 15.0 Å². The summed E-state index contributed by atoms with van der Waals surface area (Å²) in [7, 11) is 0. The van der Waals surface area contributed by atoms with Crippen LogP contribution in [0.1, 0.15) is 49.9 Å². The maximum absolute atomic E-state index is 12.3. The van der Waals surface area contributed by atoms with Gasteiger partial charge in [0.2, 0.25) is 0 Å². The van der Waals surface area contributed by atoms with E-state index < -0.39 is 0 Å². The van der Waals surface area contributed by atoms with Crippen molar-refractivity contribution in [2.45, 2.75) is 51.7 Å². The van der Waals surface area contributed by atoms with Crippen molar-refractivity contribution < 1.29 is 9.53 Å². The van der Waals surface area contributed by atoms with Gasteiger partial charge in [-0.05, 0) is 80.5 Å². The van der Waals surface area contributed by atoms with Crippen molar-refractivity contribution in [1.29, 1.82) is 0 Å². The summed E-state index contributed by atoms with van der Waals surface area (Å²) in [6, 6.07) is 12.7. The lowest BCUT2D eigenvalue weighted by atomic mass is 10.0. The quantitative estimate of drug-likeness (QED) is 0.832. The number of likely N-dealkylation sites (tertiary alicyclic amines) is 1. The number of piperidine rings is 1. The summed E-state index contributed by atoms with van der Waals surface area (Å²) < 4.78 is 6.24. The number of ether oxygens (including phenoxy) is 1. The molecule has 4 rings (SSSR count). The Hall–Kier alpha value is -2.07. The second kappa shape index (κ2) is 7.89. The Bertz CT molecular complexity index is 805. The zero-order chi connectivity index (χ0) is 18.8. The summed E-state index contributed by atoms with van der Waals surface area (Å²) in [4.78, 5) is 14.8. The fourth-order valence-corrected chi connectivity index (χ4v) is 3.80. The van der Waals surface area contributed by atoms with Gasteiger partial charge in [-0.3, -0.25) is 4.79 Å². The first-order valence-electron chi connectivity index (χ1n) is 10.3. The van der Waals surface area contributed by atoms with Crippen LogP contribution in [0.5, 0.6) is 5.75 Å². The van der Waals surface area contributed by atoms with E-state index in [0.717, 1.165) is 54.6 Å². The van der Waals surface area contributed by atoms with Crippen LogP contribution < -0.4 is 10.1 Å². The molecule has 1 saturated carbocycles. The van der Waals surface area contributed by atoms with Crippen molar-refractivity contribution in [3.63, 3.8) is 0 Å². The Morgan fingerprint density at radius 2 is 1.78 bits per heavy atom. The number of fused-ring (bicyclic) bond motifs is 1. The van der Waals surface area contributed by atoms with Crippen LogP contribution in [0.15, 0.2) is 36.4 Å². The summed E-state index contributed by atoms with van der Waals surface area (Å²) in [5.41, 5.74) is 0.734. The van der Waals surface area contributed by atoms with Crippen molar-refractivity contribution in [1.82, 2.24) is 10.2 Å². The van der Waals surface area contributed by atoms with Crippen LogP contribution in [0.4, 0.5) is 0 Å². The maximum atomic E-state index is 12.3. The van der Waals surface area contributed by atoms with Gasteiger partial charge in [0, 0.05) is 31.2 Å². The third kappa shape index (κ3) is 4.62. The fourth-order valence-electron chi connectivity index (χ4n) is 3.80. The van der Waals surface area contributed by atoms with Crippen LogP contribution in [-0.4, -0.2) is 42.6 Å². The predicted molar refractivity (Wildman–Crippen MR) is 109 cm³/mol. The molecule has 144 valence electrons. The number of benzene rings is 2. The first kappa shape index (κ1) is 18.3. The van der Waals surface area contributed by atoms with Gasteiger partial charge in [0.15, 0.2) is 0 Å². The van der Waals surface area contributed by atoms with Crippen LogP contribution in [0.2, 0.25) is 0 Å². The normalized spacial score (nSPS) is 18.8. The molecule has 4 heteroatoms. The molecule has 1 saturated heterocycles. The fraction of sp³-hybridized carbons (Fsp3) is 0.522. The highest BCUT2D eigenvalue weighted by Crippen LogP contribution is 2.28. The highest BCUT2D eigenvalue weighted by atomic mass is 16.5. The van der Waals surface area contributed by atoms with E-state index in [1.807, 2.05) is 24.3 Å². The van der Waals surface area contributed by atoms with Gasteiger partial charge in [-0.25, -0.2) is 0 Å². The summed E-state index contributed by atoms with van der Waals surface area (Å²) >= 11 is 0. The maximum Gasteiger partial charge on any atom is 0.251 e. The molecule has 0 atom stereocenters. The molecular formula is C23H30N2O2. The Morgan fingerprint density at radius 3 is 2.48 bits per heavy atom. The number of nitrogens with one attached hydrogen (secondary N) is 1. The third-order valence-corrected chi connectivity index (χ3v) is 5.83. The number of hydrogen-bond donors (Lipinski definition) is 1. The lowest BCUT2D eigenvalue weighted by Crippen LogP contribution is -2.41. The molecule has 0 bridgehead atoms. The van der Waals surface area contributed by atoms with E-state index in [1.165, 1.54) is 12.8 Å². The minimum absolute atomic E-state index is 0.0287. The van der Waals surface area contributed by atoms with E-state index in [1.54, 1.807) is 0 Å². The minimum atomic E-state index is 0.0287. The van der Waals surface area contributed by atoms with E-state index in [2.05, 4.69) is 36.2 Å². The molecule has 1 aliphatic carbocycles. The Labute approximate surface area is 161 Å². The minimum Gasteiger partial charge on any atom is -0.490 e. The molecule has 2 fully saturated rings. The van der Waals surface area contributed by atoms with E-state index >= 15 is 0 Å². The average Bonchev–Trinajstić information content (AvgIpc) is 3.50. The molecule has 1 aliphatic heterocycles. The molecule has 1 amide bonds. The molecular weight excluding hydrogens is 336 g/mol. The van der Waals surface area contributed by atoms with Gasteiger partial charge in [0.1, 0.15) is 11.9 Å². The Balaban J connectivity index is 1.39. The monoisotopic (exact) mass is 366 g/mol. The standard InChI is InChI=1S/C23H30N2O2/c1-16(2)25-11-9-21(10-12-25)27-22-8-7-18-13-20(6-5-19(18)14-22)23(26)24-15-17-3-4-17/h5-8,13-14,16-17,21H,3-4,9-12,15H2,1-2H3,(H,24,26). The summed E-state index contributed by atoms with van der Waals surface area (Å²) in [6.07, 6.45) is 4.95. The summed E-state index contributed by atoms with van der Waals surface area (Å²) in [5.74, 6) is 1.65. The Kier molecular flexibility index (Phi) is 5.35. The molecule has 0 unspecified atom stereocenters. The average molecular weight is 367 g/mol. The lowest BCUT2D eigenvalue weighted by Gasteiger charge is -2.34. The number of nitrogens with zero attached hydrogens (tertiary/aromatic N) is 1. The van der Waals surface area contributed by atoms with Gasteiger partial charge in [0.05, 0.1) is 0 Å². The van der Waals surface area contributed by atoms with Crippen LogP contribution in [-0.2, 0) is 0 Å². The van der Waals surface area contributed by atoms with Crippen molar-refractivity contribution in [2.75, 3.05) is 19.6 Å².